The van der Waals surface area contributed by atoms with Gasteiger partial charge in [-0.1, -0.05) is 170 Å². The second kappa shape index (κ2) is 15.0. The Balaban J connectivity index is 1.43. The molecule has 0 aliphatic heterocycles. The number of rotatable bonds is 7. The van der Waals surface area contributed by atoms with E-state index >= 15 is 17.6 Å². The predicted molar refractivity (Wildman–Crippen MR) is 233 cm³/mol. The molecule has 0 fully saturated rings. The molecule has 10 rings (SSSR count). The Labute approximate surface area is 342 Å². The summed E-state index contributed by atoms with van der Waals surface area (Å²) in [6.07, 6.45) is 0. The van der Waals surface area contributed by atoms with Crippen LogP contribution in [0.2, 0.25) is 0 Å². The molecule has 0 unspecified atom stereocenters. The van der Waals surface area contributed by atoms with E-state index in [0.717, 1.165) is 38.6 Å². The highest BCUT2D eigenvalue weighted by Gasteiger charge is 2.35. The molecule has 0 saturated heterocycles. The molecule has 60 heavy (non-hydrogen) atoms. The average molecular weight is 790 g/mol. The highest BCUT2D eigenvalue weighted by Crippen LogP contribution is 2.57. The Morgan fingerprint density at radius 1 is 0.233 bits per heavy atom. The summed E-state index contributed by atoms with van der Waals surface area (Å²) < 4.78 is 82.0. The number of hydrogen-bond acceptors (Lipinski definition) is 0. The lowest BCUT2D eigenvalue weighted by atomic mass is 9.74. The molecule has 288 valence electrons. The SMILES string of the molecule is Fc1c(F)c(F)c(-c2c(-c3ccccc3)c(-c3ccccc3)c(-c3ccccc3)c(-c3ccccc3)c2-c2ccc(-n3c4ccccc4c4ccccc43)cc2)c(F)c1F. The molecule has 6 heteroatoms. The molecule has 9 aromatic carbocycles. The lowest BCUT2D eigenvalue weighted by Crippen LogP contribution is -2.08. The third kappa shape index (κ3) is 5.91. The van der Waals surface area contributed by atoms with Crippen molar-refractivity contribution in [3.8, 4) is 72.4 Å². The Morgan fingerprint density at radius 2 is 0.517 bits per heavy atom. The van der Waals surface area contributed by atoms with Crippen LogP contribution in [-0.4, -0.2) is 4.57 Å². The molecule has 0 aliphatic rings. The number of para-hydroxylation sites is 2. The summed E-state index contributed by atoms with van der Waals surface area (Å²) in [5.74, 6) is -10.1. The van der Waals surface area contributed by atoms with Crippen molar-refractivity contribution in [3.63, 3.8) is 0 Å². The first-order valence-electron chi connectivity index (χ1n) is 19.5. The van der Waals surface area contributed by atoms with Gasteiger partial charge < -0.3 is 4.57 Å². The van der Waals surface area contributed by atoms with Crippen LogP contribution in [0.15, 0.2) is 194 Å². The van der Waals surface area contributed by atoms with Crippen molar-refractivity contribution < 1.29 is 22.0 Å². The second-order valence-electron chi connectivity index (χ2n) is 14.6. The summed E-state index contributed by atoms with van der Waals surface area (Å²) in [6.45, 7) is 0. The first-order chi connectivity index (χ1) is 29.4. The minimum atomic E-state index is -2.22. The molecule has 0 saturated carbocycles. The maximum Gasteiger partial charge on any atom is 0.200 e. The van der Waals surface area contributed by atoms with Gasteiger partial charge in [-0.05, 0) is 79.9 Å². The number of fused-ring (bicyclic) bond motifs is 3. The average Bonchev–Trinajstić information content (AvgIpc) is 3.65. The van der Waals surface area contributed by atoms with Gasteiger partial charge >= 0.3 is 0 Å². The third-order valence-electron chi connectivity index (χ3n) is 11.2. The topological polar surface area (TPSA) is 4.93 Å². The molecule has 0 spiro atoms. The third-order valence-corrected chi connectivity index (χ3v) is 11.2. The number of nitrogens with zero attached hydrogens (tertiary/aromatic N) is 1. The zero-order chi connectivity index (χ0) is 40.9. The summed E-state index contributed by atoms with van der Waals surface area (Å²) >= 11 is 0. The van der Waals surface area contributed by atoms with Gasteiger partial charge in [-0.2, -0.15) is 0 Å². The van der Waals surface area contributed by atoms with E-state index in [2.05, 4.69) is 28.8 Å². The first kappa shape index (κ1) is 36.7. The number of hydrogen-bond donors (Lipinski definition) is 0. The van der Waals surface area contributed by atoms with Crippen molar-refractivity contribution in [3.05, 3.63) is 223 Å². The van der Waals surface area contributed by atoms with E-state index in [-0.39, 0.29) is 5.56 Å². The molecule has 1 heterocycles. The predicted octanol–water partition coefficient (Wildman–Crippen LogP) is 15.5. The van der Waals surface area contributed by atoms with Crippen LogP contribution in [0.1, 0.15) is 0 Å². The Hall–Kier alpha value is -7.57. The van der Waals surface area contributed by atoms with Gasteiger partial charge in [0, 0.05) is 22.0 Å². The van der Waals surface area contributed by atoms with E-state index in [1.807, 2.05) is 146 Å². The van der Waals surface area contributed by atoms with Gasteiger partial charge in [-0.15, -0.1) is 0 Å². The van der Waals surface area contributed by atoms with Crippen molar-refractivity contribution >= 4 is 21.8 Å². The van der Waals surface area contributed by atoms with Gasteiger partial charge in [-0.3, -0.25) is 0 Å². The lowest BCUT2D eigenvalue weighted by molar-refractivity contribution is 0.381. The summed E-state index contributed by atoms with van der Waals surface area (Å²) in [6, 6.07) is 61.3. The van der Waals surface area contributed by atoms with Gasteiger partial charge in [0.05, 0.1) is 16.6 Å². The summed E-state index contributed by atoms with van der Waals surface area (Å²) in [5, 5.41) is 2.15. The normalized spacial score (nSPS) is 11.4. The Kier molecular flexibility index (Phi) is 9.18. The van der Waals surface area contributed by atoms with E-state index < -0.39 is 34.6 Å². The van der Waals surface area contributed by atoms with Crippen LogP contribution in [0.4, 0.5) is 22.0 Å². The van der Waals surface area contributed by atoms with Gasteiger partial charge in [0.15, 0.2) is 23.3 Å². The fraction of sp³-hybridized carbons (Fsp3) is 0. The van der Waals surface area contributed by atoms with Crippen LogP contribution < -0.4 is 0 Å². The number of halogens is 5. The van der Waals surface area contributed by atoms with Crippen molar-refractivity contribution in [2.45, 2.75) is 0 Å². The highest BCUT2D eigenvalue weighted by molar-refractivity contribution is 6.15. The molecule has 10 aromatic rings. The van der Waals surface area contributed by atoms with Crippen LogP contribution in [-0.2, 0) is 0 Å². The zero-order valence-electron chi connectivity index (χ0n) is 31.8. The van der Waals surface area contributed by atoms with Crippen LogP contribution in [0.3, 0.4) is 0 Å². The Bertz CT molecular complexity index is 3130. The minimum absolute atomic E-state index is 0.129. The molecule has 0 radical (unpaired) electrons. The zero-order valence-corrected chi connectivity index (χ0v) is 31.8. The molecule has 0 atom stereocenters. The van der Waals surface area contributed by atoms with Gasteiger partial charge in [-0.25, -0.2) is 22.0 Å². The van der Waals surface area contributed by atoms with Gasteiger partial charge in [0.1, 0.15) is 0 Å². The maximum absolute atomic E-state index is 16.8. The maximum atomic E-state index is 16.8. The van der Waals surface area contributed by atoms with Crippen molar-refractivity contribution in [1.82, 2.24) is 4.57 Å². The first-order valence-corrected chi connectivity index (χ1v) is 19.5. The fourth-order valence-corrected chi connectivity index (χ4v) is 8.66. The van der Waals surface area contributed by atoms with E-state index in [1.165, 1.54) is 0 Å². The van der Waals surface area contributed by atoms with Crippen LogP contribution in [0.25, 0.3) is 94.3 Å². The minimum Gasteiger partial charge on any atom is -0.309 e. The van der Waals surface area contributed by atoms with E-state index in [9.17, 15) is 4.39 Å². The quantitative estimate of drug-likeness (QED) is 0.0861. The molecule has 1 nitrogen and oxygen atoms in total. The van der Waals surface area contributed by atoms with Crippen LogP contribution in [0.5, 0.6) is 0 Å². The second-order valence-corrected chi connectivity index (χ2v) is 14.6. The molecule has 0 N–H and O–H groups in total. The molecule has 1 aromatic heterocycles. The molecule has 0 bridgehead atoms. The van der Waals surface area contributed by atoms with E-state index in [0.29, 0.717) is 44.5 Å². The smallest absolute Gasteiger partial charge is 0.200 e. The summed E-state index contributed by atoms with van der Waals surface area (Å²) in [4.78, 5) is 0. The largest absolute Gasteiger partial charge is 0.309 e. The standard InChI is InChI=1S/C54H32F5N/c55-50-49(51(56)53(58)54(59)52(50)57)48-46(36-23-11-4-12-24-36)44(34-19-7-2-8-20-34)43(33-17-5-1-6-18-33)45(35-21-9-3-10-22-35)47(48)37-29-31-38(32-30-37)60-41-27-15-13-25-39(41)40-26-14-16-28-42(40)60/h1-32H. The molecule has 0 aliphatic carbocycles. The summed E-state index contributed by atoms with van der Waals surface area (Å²) in [7, 11) is 0. The van der Waals surface area contributed by atoms with Crippen molar-refractivity contribution in [2.75, 3.05) is 0 Å². The van der Waals surface area contributed by atoms with Crippen molar-refractivity contribution in [1.29, 1.82) is 0 Å². The highest BCUT2D eigenvalue weighted by atomic mass is 19.2. The molecular weight excluding hydrogens is 758 g/mol. The fourth-order valence-electron chi connectivity index (χ4n) is 8.66. The number of aromatic nitrogens is 1. The molecule has 0 amide bonds. The lowest BCUT2D eigenvalue weighted by Gasteiger charge is -2.29. The van der Waals surface area contributed by atoms with Gasteiger partial charge in [0.2, 0.25) is 5.82 Å². The molecular formula is C54H32F5N. The van der Waals surface area contributed by atoms with Crippen LogP contribution >= 0.6 is 0 Å². The van der Waals surface area contributed by atoms with Gasteiger partial charge in [0.25, 0.3) is 0 Å². The van der Waals surface area contributed by atoms with Crippen molar-refractivity contribution in [2.24, 2.45) is 0 Å². The van der Waals surface area contributed by atoms with E-state index in [4.69, 9.17) is 0 Å². The van der Waals surface area contributed by atoms with Crippen LogP contribution in [0, 0.1) is 29.1 Å². The van der Waals surface area contributed by atoms with E-state index in [1.54, 1.807) is 24.3 Å². The summed E-state index contributed by atoms with van der Waals surface area (Å²) in [5.41, 5.74) is 7.31. The Morgan fingerprint density at radius 3 is 0.883 bits per heavy atom. The monoisotopic (exact) mass is 789 g/mol. The number of benzene rings is 9.